The molecule has 2 saturated heterocycles. The van der Waals surface area contributed by atoms with Crippen molar-refractivity contribution in [2.45, 2.75) is 31.6 Å². The van der Waals surface area contributed by atoms with Gasteiger partial charge in [-0.15, -0.1) is 0 Å². The molecule has 5 nitrogen and oxygen atoms in total. The van der Waals surface area contributed by atoms with E-state index in [1.54, 1.807) is 0 Å². The molecule has 0 saturated carbocycles. The van der Waals surface area contributed by atoms with Crippen LogP contribution in [0, 0.1) is 0 Å². The first-order valence-electron chi connectivity index (χ1n) is 11.0. The lowest BCUT2D eigenvalue weighted by Crippen LogP contribution is -2.56. The molecule has 164 valence electrons. The number of piperazine rings is 1. The minimum Gasteiger partial charge on any atom is -0.381 e. The molecule has 2 aliphatic rings. The summed E-state index contributed by atoms with van der Waals surface area (Å²) in [4.78, 5) is 30.4. The summed E-state index contributed by atoms with van der Waals surface area (Å²) < 4.78 is 6.59. The number of benzene rings is 2. The molecule has 0 radical (unpaired) electrons. The number of amides is 2. The molecule has 2 heterocycles. The third kappa shape index (κ3) is 4.55. The predicted molar refractivity (Wildman–Crippen MR) is 124 cm³/mol. The highest BCUT2D eigenvalue weighted by molar-refractivity contribution is 9.10. The van der Waals surface area contributed by atoms with Gasteiger partial charge in [0, 0.05) is 49.4 Å². The summed E-state index contributed by atoms with van der Waals surface area (Å²) >= 11 is 3.49. The molecule has 0 aliphatic carbocycles. The lowest BCUT2D eigenvalue weighted by molar-refractivity contribution is -0.142. The van der Waals surface area contributed by atoms with E-state index in [2.05, 4.69) is 22.9 Å². The molecular formula is C25H29BrN2O3. The minimum atomic E-state index is -0.541. The van der Waals surface area contributed by atoms with Gasteiger partial charge in [0.25, 0.3) is 5.91 Å². The molecule has 2 fully saturated rings. The molecule has 0 spiro atoms. The van der Waals surface area contributed by atoms with Crippen molar-refractivity contribution < 1.29 is 14.3 Å². The zero-order chi connectivity index (χ0) is 21.8. The van der Waals surface area contributed by atoms with Crippen molar-refractivity contribution in [3.63, 3.8) is 0 Å². The molecular weight excluding hydrogens is 456 g/mol. The van der Waals surface area contributed by atoms with Crippen LogP contribution in [0.4, 0.5) is 0 Å². The van der Waals surface area contributed by atoms with Crippen LogP contribution in [0.2, 0.25) is 0 Å². The van der Waals surface area contributed by atoms with Crippen LogP contribution in [0.15, 0.2) is 53.0 Å². The Kier molecular flexibility index (Phi) is 6.77. The summed E-state index contributed by atoms with van der Waals surface area (Å²) in [7, 11) is 0. The standard InChI is InChI=1S/C25H29BrN2O3/c1-2-19-3-5-20(6-4-19)23(29)27-13-15-28(16-14-27)24(30)25(11-17-31-18-12-25)21-7-9-22(26)10-8-21/h3-10H,2,11-18H2,1H3. The fraction of sp³-hybridized carbons (Fsp3) is 0.440. The van der Waals surface area contributed by atoms with E-state index in [1.165, 1.54) is 5.56 Å². The fourth-order valence-corrected chi connectivity index (χ4v) is 4.86. The maximum absolute atomic E-state index is 13.7. The number of hydrogen-bond donors (Lipinski definition) is 0. The first-order valence-corrected chi connectivity index (χ1v) is 11.8. The van der Waals surface area contributed by atoms with E-state index < -0.39 is 5.41 Å². The highest BCUT2D eigenvalue weighted by Gasteiger charge is 2.44. The van der Waals surface area contributed by atoms with Gasteiger partial charge in [-0.05, 0) is 54.7 Å². The van der Waals surface area contributed by atoms with Crippen LogP contribution in [0.1, 0.15) is 41.3 Å². The largest absolute Gasteiger partial charge is 0.381 e. The summed E-state index contributed by atoms with van der Waals surface area (Å²) in [5.41, 5.74) is 2.45. The average Bonchev–Trinajstić information content (AvgIpc) is 2.84. The number of nitrogens with zero attached hydrogens (tertiary/aromatic N) is 2. The lowest BCUT2D eigenvalue weighted by Gasteiger charge is -2.43. The maximum Gasteiger partial charge on any atom is 0.253 e. The van der Waals surface area contributed by atoms with Crippen LogP contribution in [0.3, 0.4) is 0 Å². The number of aryl methyl sites for hydroxylation is 1. The zero-order valence-corrected chi connectivity index (χ0v) is 19.6. The summed E-state index contributed by atoms with van der Waals surface area (Å²) in [5, 5.41) is 0. The van der Waals surface area contributed by atoms with E-state index in [4.69, 9.17) is 4.74 Å². The Balaban J connectivity index is 1.45. The molecule has 0 atom stereocenters. The third-order valence-corrected chi connectivity index (χ3v) is 7.14. The Morgan fingerprint density at radius 2 is 1.48 bits per heavy atom. The van der Waals surface area contributed by atoms with Crippen molar-refractivity contribution >= 4 is 27.7 Å². The summed E-state index contributed by atoms with van der Waals surface area (Å²) in [6.45, 7) is 5.54. The first-order chi connectivity index (χ1) is 15.0. The SMILES string of the molecule is CCc1ccc(C(=O)N2CCN(C(=O)C3(c4ccc(Br)cc4)CCOCC3)CC2)cc1. The van der Waals surface area contributed by atoms with Gasteiger partial charge in [-0.2, -0.15) is 0 Å². The van der Waals surface area contributed by atoms with Crippen LogP contribution >= 0.6 is 15.9 Å². The Morgan fingerprint density at radius 3 is 2.06 bits per heavy atom. The van der Waals surface area contributed by atoms with Crippen molar-refractivity contribution in [2.75, 3.05) is 39.4 Å². The molecule has 4 rings (SSSR count). The summed E-state index contributed by atoms with van der Waals surface area (Å²) in [6, 6.07) is 15.9. The van der Waals surface area contributed by atoms with E-state index in [0.29, 0.717) is 57.8 Å². The second-order valence-electron chi connectivity index (χ2n) is 8.34. The molecule has 2 aliphatic heterocycles. The smallest absolute Gasteiger partial charge is 0.253 e. The molecule has 2 aromatic carbocycles. The van der Waals surface area contributed by atoms with E-state index in [0.717, 1.165) is 16.5 Å². The minimum absolute atomic E-state index is 0.0449. The zero-order valence-electron chi connectivity index (χ0n) is 18.0. The molecule has 0 bridgehead atoms. The van der Waals surface area contributed by atoms with Crippen molar-refractivity contribution in [2.24, 2.45) is 0 Å². The van der Waals surface area contributed by atoms with E-state index >= 15 is 0 Å². The predicted octanol–water partition coefficient (Wildman–Crippen LogP) is 4.04. The number of carbonyl (C=O) groups is 2. The second kappa shape index (κ2) is 9.53. The van der Waals surface area contributed by atoms with Gasteiger partial charge in [0.1, 0.15) is 0 Å². The van der Waals surface area contributed by atoms with Crippen LogP contribution in [0.25, 0.3) is 0 Å². The van der Waals surface area contributed by atoms with Gasteiger partial charge in [0.05, 0.1) is 5.41 Å². The third-order valence-electron chi connectivity index (χ3n) is 6.62. The normalized spacial score (nSPS) is 18.6. The first kappa shape index (κ1) is 22.0. The summed E-state index contributed by atoms with van der Waals surface area (Å²) in [6.07, 6.45) is 2.34. The highest BCUT2D eigenvalue weighted by atomic mass is 79.9. The molecule has 6 heteroatoms. The van der Waals surface area contributed by atoms with Gasteiger partial charge in [-0.3, -0.25) is 9.59 Å². The maximum atomic E-state index is 13.7. The number of rotatable bonds is 4. The van der Waals surface area contributed by atoms with Gasteiger partial charge in [-0.1, -0.05) is 47.1 Å². The average molecular weight is 485 g/mol. The molecule has 0 N–H and O–H groups in total. The van der Waals surface area contributed by atoms with Crippen molar-refractivity contribution in [1.82, 2.24) is 9.80 Å². The molecule has 0 unspecified atom stereocenters. The molecule has 0 aromatic heterocycles. The fourth-order valence-electron chi connectivity index (χ4n) is 4.60. The Labute approximate surface area is 192 Å². The van der Waals surface area contributed by atoms with Crippen LogP contribution in [-0.4, -0.2) is 61.0 Å². The Morgan fingerprint density at radius 1 is 0.903 bits per heavy atom. The molecule has 2 aromatic rings. The van der Waals surface area contributed by atoms with Gasteiger partial charge in [0.15, 0.2) is 0 Å². The van der Waals surface area contributed by atoms with E-state index in [1.807, 2.05) is 58.3 Å². The van der Waals surface area contributed by atoms with Crippen LogP contribution < -0.4 is 0 Å². The van der Waals surface area contributed by atoms with E-state index in [-0.39, 0.29) is 11.8 Å². The van der Waals surface area contributed by atoms with Gasteiger partial charge in [-0.25, -0.2) is 0 Å². The monoisotopic (exact) mass is 484 g/mol. The van der Waals surface area contributed by atoms with Crippen molar-refractivity contribution in [3.8, 4) is 0 Å². The second-order valence-corrected chi connectivity index (χ2v) is 9.25. The van der Waals surface area contributed by atoms with Crippen molar-refractivity contribution in [1.29, 1.82) is 0 Å². The Hall–Kier alpha value is -2.18. The van der Waals surface area contributed by atoms with Gasteiger partial charge in [0.2, 0.25) is 5.91 Å². The Bertz CT molecular complexity index is 913. The number of carbonyl (C=O) groups excluding carboxylic acids is 2. The highest BCUT2D eigenvalue weighted by Crippen LogP contribution is 2.37. The summed E-state index contributed by atoms with van der Waals surface area (Å²) in [5.74, 6) is 0.209. The van der Waals surface area contributed by atoms with Crippen LogP contribution in [0.5, 0.6) is 0 Å². The molecule has 2 amide bonds. The number of hydrogen-bond acceptors (Lipinski definition) is 3. The van der Waals surface area contributed by atoms with Crippen LogP contribution in [-0.2, 0) is 21.4 Å². The number of halogens is 1. The molecule has 31 heavy (non-hydrogen) atoms. The van der Waals surface area contributed by atoms with Gasteiger partial charge < -0.3 is 14.5 Å². The quantitative estimate of drug-likeness (QED) is 0.657. The van der Waals surface area contributed by atoms with E-state index in [9.17, 15) is 9.59 Å². The van der Waals surface area contributed by atoms with Gasteiger partial charge >= 0.3 is 0 Å². The lowest BCUT2D eigenvalue weighted by atomic mass is 9.73. The topological polar surface area (TPSA) is 49.9 Å². The number of ether oxygens (including phenoxy) is 1. The van der Waals surface area contributed by atoms with Crippen molar-refractivity contribution in [3.05, 3.63) is 69.7 Å².